The van der Waals surface area contributed by atoms with Crippen LogP contribution in [-0.4, -0.2) is 11.6 Å². The number of rotatable bonds is 3. The summed E-state index contributed by atoms with van der Waals surface area (Å²) < 4.78 is 6.02. The van der Waals surface area contributed by atoms with E-state index in [0.29, 0.717) is 11.5 Å². The van der Waals surface area contributed by atoms with E-state index in [1.807, 2.05) is 0 Å². The molecule has 4 fully saturated rings. The molecular weight excluding hydrogens is 248 g/mol. The number of fused-ring (bicyclic) bond motifs is 9. The zero-order chi connectivity index (χ0) is 14.1. The van der Waals surface area contributed by atoms with Crippen LogP contribution in [0.15, 0.2) is 12.2 Å². The van der Waals surface area contributed by atoms with Crippen LogP contribution in [-0.2, 0) is 9.53 Å². The largest absolute Gasteiger partial charge is 0.455 e. The van der Waals surface area contributed by atoms with Crippen molar-refractivity contribution in [3.05, 3.63) is 12.2 Å². The van der Waals surface area contributed by atoms with Gasteiger partial charge in [0.15, 0.2) is 0 Å². The van der Waals surface area contributed by atoms with E-state index in [0.717, 1.165) is 42.4 Å². The van der Waals surface area contributed by atoms with Crippen LogP contribution in [0.25, 0.3) is 0 Å². The van der Waals surface area contributed by atoms with Crippen molar-refractivity contribution in [2.45, 2.75) is 58.0 Å². The van der Waals surface area contributed by atoms with Gasteiger partial charge in [0.2, 0.25) is 0 Å². The smallest absolute Gasteiger partial charge is 0.333 e. The Balaban J connectivity index is 1.62. The average Bonchev–Trinajstić information content (AvgIpc) is 3.15. The van der Waals surface area contributed by atoms with Crippen LogP contribution in [0.3, 0.4) is 0 Å². The molecule has 2 heteroatoms. The highest BCUT2D eigenvalue weighted by molar-refractivity contribution is 5.87. The fraction of sp³-hybridized carbons (Fsp3) is 0.833. The first-order valence-corrected chi connectivity index (χ1v) is 8.44. The second kappa shape index (κ2) is 4.11. The van der Waals surface area contributed by atoms with Crippen molar-refractivity contribution in [3.63, 3.8) is 0 Å². The van der Waals surface area contributed by atoms with E-state index in [-0.39, 0.29) is 11.6 Å². The van der Waals surface area contributed by atoms with Gasteiger partial charge in [-0.25, -0.2) is 4.79 Å². The molecule has 110 valence electrons. The fourth-order valence-electron chi connectivity index (χ4n) is 6.56. The molecule has 0 N–H and O–H groups in total. The highest BCUT2D eigenvalue weighted by Gasteiger charge is 2.67. The second-order valence-corrected chi connectivity index (χ2v) is 7.88. The molecule has 0 saturated heterocycles. The number of hydrogen-bond donors (Lipinski definition) is 0. The first-order valence-electron chi connectivity index (χ1n) is 8.44. The average molecular weight is 274 g/mol. The van der Waals surface area contributed by atoms with Crippen molar-refractivity contribution in [2.24, 2.45) is 35.5 Å². The fourth-order valence-corrected chi connectivity index (χ4v) is 6.56. The van der Waals surface area contributed by atoms with Crippen molar-refractivity contribution in [3.8, 4) is 0 Å². The highest BCUT2D eigenvalue weighted by atomic mass is 16.6. The molecule has 7 unspecified atom stereocenters. The summed E-state index contributed by atoms with van der Waals surface area (Å²) in [4.78, 5) is 12.1. The molecule has 0 spiro atoms. The summed E-state index contributed by atoms with van der Waals surface area (Å²) >= 11 is 0. The van der Waals surface area contributed by atoms with Gasteiger partial charge < -0.3 is 4.74 Å². The van der Waals surface area contributed by atoms with E-state index in [9.17, 15) is 4.79 Å². The van der Waals surface area contributed by atoms with Gasteiger partial charge in [-0.15, -0.1) is 0 Å². The summed E-state index contributed by atoms with van der Waals surface area (Å²) in [6.45, 7) is 7.72. The van der Waals surface area contributed by atoms with Crippen molar-refractivity contribution in [1.82, 2.24) is 0 Å². The molecule has 4 rings (SSSR count). The Morgan fingerprint density at radius 2 is 1.90 bits per heavy atom. The molecule has 7 atom stereocenters. The van der Waals surface area contributed by atoms with E-state index in [1.54, 1.807) is 6.92 Å². The van der Waals surface area contributed by atoms with Crippen LogP contribution in [0.2, 0.25) is 0 Å². The number of ether oxygens (including phenoxy) is 1. The molecule has 0 amide bonds. The summed E-state index contributed by atoms with van der Waals surface area (Å²) in [5.41, 5.74) is 0.386. The molecule has 4 aliphatic carbocycles. The lowest BCUT2D eigenvalue weighted by molar-refractivity contribution is -0.167. The van der Waals surface area contributed by atoms with Gasteiger partial charge in [-0.1, -0.05) is 13.5 Å². The molecular formula is C18H26O2. The van der Waals surface area contributed by atoms with Gasteiger partial charge in [-0.2, -0.15) is 0 Å². The Morgan fingerprint density at radius 3 is 2.55 bits per heavy atom. The van der Waals surface area contributed by atoms with Gasteiger partial charge in [-0.05, 0) is 75.0 Å². The molecule has 4 saturated carbocycles. The van der Waals surface area contributed by atoms with Crippen molar-refractivity contribution < 1.29 is 9.53 Å². The Bertz CT molecular complexity index is 468. The Hall–Kier alpha value is -0.790. The SMILES string of the molecule is C=C(C)C(=O)OC1(CC)CC2CC1C1C3CCC(C3)C21. The molecule has 0 aromatic carbocycles. The molecule has 0 aromatic heterocycles. The lowest BCUT2D eigenvalue weighted by Crippen LogP contribution is -2.47. The summed E-state index contributed by atoms with van der Waals surface area (Å²) in [5, 5.41) is 0. The van der Waals surface area contributed by atoms with Crippen molar-refractivity contribution in [2.75, 3.05) is 0 Å². The summed E-state index contributed by atoms with van der Waals surface area (Å²) in [6.07, 6.45) is 7.80. The summed E-state index contributed by atoms with van der Waals surface area (Å²) in [6, 6.07) is 0. The molecule has 20 heavy (non-hydrogen) atoms. The van der Waals surface area contributed by atoms with Crippen LogP contribution in [0, 0.1) is 35.5 Å². The Kier molecular flexibility index (Phi) is 2.66. The molecule has 4 aliphatic rings. The highest BCUT2D eigenvalue weighted by Crippen LogP contribution is 2.70. The normalized spacial score (nSPS) is 51.3. The second-order valence-electron chi connectivity index (χ2n) is 7.88. The third-order valence-electron chi connectivity index (χ3n) is 7.14. The summed E-state index contributed by atoms with van der Waals surface area (Å²) in [7, 11) is 0. The van der Waals surface area contributed by atoms with Crippen molar-refractivity contribution in [1.29, 1.82) is 0 Å². The van der Waals surface area contributed by atoms with E-state index in [2.05, 4.69) is 13.5 Å². The summed E-state index contributed by atoms with van der Waals surface area (Å²) in [5.74, 6) is 5.09. The molecule has 0 radical (unpaired) electrons. The minimum Gasteiger partial charge on any atom is -0.455 e. The zero-order valence-corrected chi connectivity index (χ0v) is 12.7. The quantitative estimate of drug-likeness (QED) is 0.442. The van der Waals surface area contributed by atoms with Gasteiger partial charge in [-0.3, -0.25) is 0 Å². The molecule has 2 nitrogen and oxygen atoms in total. The Morgan fingerprint density at radius 1 is 1.20 bits per heavy atom. The van der Waals surface area contributed by atoms with E-state index in [4.69, 9.17) is 4.74 Å². The maximum Gasteiger partial charge on any atom is 0.333 e. The Labute approximate surface area is 122 Å². The molecule has 0 heterocycles. The van der Waals surface area contributed by atoms with Crippen LogP contribution >= 0.6 is 0 Å². The monoisotopic (exact) mass is 274 g/mol. The number of carbonyl (C=O) groups excluding carboxylic acids is 1. The van der Waals surface area contributed by atoms with Gasteiger partial charge >= 0.3 is 5.97 Å². The van der Waals surface area contributed by atoms with E-state index >= 15 is 0 Å². The topological polar surface area (TPSA) is 26.3 Å². The van der Waals surface area contributed by atoms with Gasteiger partial charge in [0, 0.05) is 11.5 Å². The molecule has 0 aromatic rings. The lowest BCUT2D eigenvalue weighted by atomic mass is 9.65. The molecule has 4 bridgehead atoms. The van der Waals surface area contributed by atoms with Crippen LogP contribution in [0.1, 0.15) is 52.4 Å². The van der Waals surface area contributed by atoms with Crippen molar-refractivity contribution >= 4 is 5.97 Å². The number of carbonyl (C=O) groups is 1. The number of hydrogen-bond acceptors (Lipinski definition) is 2. The minimum absolute atomic E-state index is 0.160. The maximum absolute atomic E-state index is 12.1. The lowest BCUT2D eigenvalue weighted by Gasteiger charge is -2.45. The number of esters is 1. The van der Waals surface area contributed by atoms with Crippen LogP contribution < -0.4 is 0 Å². The predicted octanol–water partition coefficient (Wildman–Crippen LogP) is 3.96. The van der Waals surface area contributed by atoms with Gasteiger partial charge in [0.25, 0.3) is 0 Å². The third kappa shape index (κ3) is 1.48. The third-order valence-corrected chi connectivity index (χ3v) is 7.14. The van der Waals surface area contributed by atoms with Crippen LogP contribution in [0.4, 0.5) is 0 Å². The molecule has 0 aliphatic heterocycles. The van der Waals surface area contributed by atoms with E-state index in [1.165, 1.54) is 25.7 Å². The van der Waals surface area contributed by atoms with E-state index < -0.39 is 0 Å². The predicted molar refractivity (Wildman–Crippen MR) is 78.0 cm³/mol. The minimum atomic E-state index is -0.167. The first kappa shape index (κ1) is 12.9. The maximum atomic E-state index is 12.1. The van der Waals surface area contributed by atoms with Gasteiger partial charge in [0.1, 0.15) is 5.60 Å². The zero-order valence-electron chi connectivity index (χ0n) is 12.7. The standard InChI is InChI=1S/C18H26O2/c1-4-18(20-17(19)10(2)3)9-13-8-14(18)16-12-6-5-11(7-12)15(13)16/h11-16H,2,4-9H2,1,3H3. The van der Waals surface area contributed by atoms with Crippen LogP contribution in [0.5, 0.6) is 0 Å². The van der Waals surface area contributed by atoms with Gasteiger partial charge in [0.05, 0.1) is 0 Å². The first-order chi connectivity index (χ1) is 9.55.